The number of rotatable bonds is 3. The van der Waals surface area contributed by atoms with Gasteiger partial charge in [-0.2, -0.15) is 0 Å². The molecule has 14 heavy (non-hydrogen) atoms. The van der Waals surface area contributed by atoms with Gasteiger partial charge in [-0.3, -0.25) is 0 Å². The molecule has 0 saturated heterocycles. The summed E-state index contributed by atoms with van der Waals surface area (Å²) in [7, 11) is 1.37. The van der Waals surface area contributed by atoms with E-state index in [0.717, 1.165) is 0 Å². The minimum atomic E-state index is -0.702. The van der Waals surface area contributed by atoms with Gasteiger partial charge in [0.1, 0.15) is 0 Å². The Bertz CT molecular complexity index is 350. The van der Waals surface area contributed by atoms with Gasteiger partial charge in [-0.25, -0.2) is 4.39 Å². The molecule has 0 unspecified atom stereocenters. The van der Waals surface area contributed by atoms with Crippen LogP contribution in [0, 0.1) is 5.82 Å². The highest BCUT2D eigenvalue weighted by Gasteiger charge is 2.10. The molecule has 0 aliphatic rings. The number of aromatic hydroxyl groups is 1. The van der Waals surface area contributed by atoms with Gasteiger partial charge in [0.2, 0.25) is 0 Å². The third-order valence-electron chi connectivity index (χ3n) is 1.75. The van der Waals surface area contributed by atoms with E-state index in [-0.39, 0.29) is 5.75 Å². The molecule has 0 bridgehead atoms. The van der Waals surface area contributed by atoms with Crippen LogP contribution in [0.25, 0.3) is 6.08 Å². The second-order valence-electron chi connectivity index (χ2n) is 2.66. The van der Waals surface area contributed by atoms with E-state index in [2.05, 4.69) is 0 Å². The third-order valence-corrected chi connectivity index (χ3v) is 1.75. The van der Waals surface area contributed by atoms with Crippen LogP contribution in [0.5, 0.6) is 11.5 Å². The minimum Gasteiger partial charge on any atom is -0.502 e. The fourth-order valence-corrected chi connectivity index (χ4v) is 1.10. The van der Waals surface area contributed by atoms with Crippen molar-refractivity contribution in [3.05, 3.63) is 29.6 Å². The number of methoxy groups -OCH3 is 1. The summed E-state index contributed by atoms with van der Waals surface area (Å²) >= 11 is 0. The van der Waals surface area contributed by atoms with Gasteiger partial charge in [-0.05, 0) is 12.1 Å². The molecule has 76 valence electrons. The van der Waals surface area contributed by atoms with Crippen molar-refractivity contribution in [2.24, 2.45) is 5.73 Å². The Labute approximate surface area is 81.6 Å². The maximum atomic E-state index is 12.9. The molecule has 0 aromatic heterocycles. The van der Waals surface area contributed by atoms with E-state index in [4.69, 9.17) is 10.5 Å². The Kier molecular flexibility index (Phi) is 3.48. The first-order chi connectivity index (χ1) is 6.70. The number of phenolic OH excluding ortho intramolecular Hbond substituents is 1. The number of hydrogen-bond acceptors (Lipinski definition) is 3. The van der Waals surface area contributed by atoms with Crippen LogP contribution in [0.4, 0.5) is 4.39 Å². The Balaban J connectivity index is 3.17. The lowest BCUT2D eigenvalue weighted by Crippen LogP contribution is -1.93. The first-order valence-corrected chi connectivity index (χ1v) is 4.12. The lowest BCUT2D eigenvalue weighted by atomic mass is 10.1. The normalized spacial score (nSPS) is 10.8. The molecular formula is C10H12FNO2. The quantitative estimate of drug-likeness (QED) is 0.772. The number of benzene rings is 1. The van der Waals surface area contributed by atoms with Crippen LogP contribution >= 0.6 is 0 Å². The summed E-state index contributed by atoms with van der Waals surface area (Å²) < 4.78 is 17.8. The van der Waals surface area contributed by atoms with Crippen molar-refractivity contribution in [2.45, 2.75) is 0 Å². The molecule has 0 spiro atoms. The summed E-state index contributed by atoms with van der Waals surface area (Å²) in [6, 6.07) is 2.69. The Hall–Kier alpha value is -1.55. The monoisotopic (exact) mass is 197 g/mol. The second-order valence-corrected chi connectivity index (χ2v) is 2.66. The van der Waals surface area contributed by atoms with Crippen LogP contribution in [-0.2, 0) is 0 Å². The maximum absolute atomic E-state index is 12.9. The zero-order valence-electron chi connectivity index (χ0n) is 7.83. The van der Waals surface area contributed by atoms with Crippen molar-refractivity contribution in [1.29, 1.82) is 0 Å². The van der Waals surface area contributed by atoms with Gasteiger partial charge in [0.15, 0.2) is 17.3 Å². The van der Waals surface area contributed by atoms with Gasteiger partial charge < -0.3 is 15.6 Å². The van der Waals surface area contributed by atoms with Crippen LogP contribution < -0.4 is 10.5 Å². The molecule has 3 N–H and O–H groups in total. The Morgan fingerprint density at radius 1 is 1.57 bits per heavy atom. The zero-order chi connectivity index (χ0) is 10.6. The molecule has 0 amide bonds. The molecule has 3 nitrogen and oxygen atoms in total. The van der Waals surface area contributed by atoms with Gasteiger partial charge in [-0.15, -0.1) is 0 Å². The highest BCUT2D eigenvalue weighted by Crippen LogP contribution is 2.33. The van der Waals surface area contributed by atoms with Crippen LogP contribution in [0.3, 0.4) is 0 Å². The summed E-state index contributed by atoms with van der Waals surface area (Å²) in [6.45, 7) is 0.376. The lowest BCUT2D eigenvalue weighted by molar-refractivity contribution is 0.356. The highest BCUT2D eigenvalue weighted by molar-refractivity contribution is 5.62. The predicted molar refractivity (Wildman–Crippen MR) is 52.7 cm³/mol. The summed E-state index contributed by atoms with van der Waals surface area (Å²) in [4.78, 5) is 0. The number of halogens is 1. The zero-order valence-corrected chi connectivity index (χ0v) is 7.83. The molecule has 1 aromatic rings. The second kappa shape index (κ2) is 4.62. The van der Waals surface area contributed by atoms with E-state index in [1.54, 1.807) is 12.2 Å². The summed E-state index contributed by atoms with van der Waals surface area (Å²) in [5.74, 6) is -1.06. The van der Waals surface area contributed by atoms with Gasteiger partial charge in [-0.1, -0.05) is 12.2 Å². The average molecular weight is 197 g/mol. The molecule has 4 heteroatoms. The summed E-state index contributed by atoms with van der Waals surface area (Å²) in [5.41, 5.74) is 5.87. The average Bonchev–Trinajstić information content (AvgIpc) is 2.20. The molecule has 0 saturated carbocycles. The van der Waals surface area contributed by atoms with E-state index in [0.29, 0.717) is 12.1 Å². The molecule has 1 aromatic carbocycles. The van der Waals surface area contributed by atoms with Crippen molar-refractivity contribution in [1.82, 2.24) is 0 Å². The Morgan fingerprint density at radius 2 is 2.29 bits per heavy atom. The van der Waals surface area contributed by atoms with Gasteiger partial charge in [0.25, 0.3) is 0 Å². The number of nitrogens with two attached hydrogens (primary N) is 1. The van der Waals surface area contributed by atoms with E-state index in [1.807, 2.05) is 0 Å². The van der Waals surface area contributed by atoms with Crippen LogP contribution in [0.2, 0.25) is 0 Å². The van der Waals surface area contributed by atoms with Gasteiger partial charge in [0.05, 0.1) is 7.11 Å². The van der Waals surface area contributed by atoms with E-state index in [9.17, 15) is 9.50 Å². The number of ether oxygens (including phenoxy) is 1. The fourth-order valence-electron chi connectivity index (χ4n) is 1.10. The number of hydrogen-bond donors (Lipinski definition) is 2. The number of phenols is 1. The molecule has 0 aliphatic carbocycles. The van der Waals surface area contributed by atoms with Crippen LogP contribution in [-0.4, -0.2) is 18.8 Å². The first-order valence-electron chi connectivity index (χ1n) is 4.12. The smallest absolute Gasteiger partial charge is 0.194 e. The largest absolute Gasteiger partial charge is 0.502 e. The summed E-state index contributed by atoms with van der Waals surface area (Å²) in [5, 5.41) is 9.31. The molecule has 0 heterocycles. The lowest BCUT2D eigenvalue weighted by Gasteiger charge is -2.07. The molecule has 0 radical (unpaired) electrons. The molecular weight excluding hydrogens is 185 g/mol. The third kappa shape index (κ3) is 2.03. The van der Waals surface area contributed by atoms with Crippen molar-refractivity contribution in [2.75, 3.05) is 13.7 Å². The molecule has 0 fully saturated rings. The van der Waals surface area contributed by atoms with Crippen molar-refractivity contribution in [3.63, 3.8) is 0 Å². The van der Waals surface area contributed by atoms with Crippen molar-refractivity contribution >= 4 is 6.08 Å². The van der Waals surface area contributed by atoms with E-state index in [1.165, 1.54) is 19.2 Å². The Morgan fingerprint density at radius 3 is 2.86 bits per heavy atom. The predicted octanol–water partition coefficient (Wildman–Crippen LogP) is 1.51. The van der Waals surface area contributed by atoms with Gasteiger partial charge >= 0.3 is 0 Å². The van der Waals surface area contributed by atoms with Crippen LogP contribution in [0.1, 0.15) is 5.56 Å². The van der Waals surface area contributed by atoms with Crippen molar-refractivity contribution < 1.29 is 14.2 Å². The standard InChI is InChI=1S/C10H12FNO2/c1-14-10-7(3-2-6-12)4-5-8(11)9(10)13/h2-5,13H,6,12H2,1H3/b3-2+. The first kappa shape index (κ1) is 10.5. The van der Waals surface area contributed by atoms with Gasteiger partial charge in [0, 0.05) is 12.1 Å². The maximum Gasteiger partial charge on any atom is 0.194 e. The topological polar surface area (TPSA) is 55.5 Å². The SMILES string of the molecule is COc1c(/C=C/CN)ccc(F)c1O. The minimum absolute atomic E-state index is 0.120. The summed E-state index contributed by atoms with van der Waals surface area (Å²) in [6.07, 6.45) is 3.35. The molecule has 1 rings (SSSR count). The highest BCUT2D eigenvalue weighted by atomic mass is 19.1. The van der Waals surface area contributed by atoms with Crippen LogP contribution in [0.15, 0.2) is 18.2 Å². The van der Waals surface area contributed by atoms with Crippen molar-refractivity contribution in [3.8, 4) is 11.5 Å². The molecule has 0 aliphatic heterocycles. The van der Waals surface area contributed by atoms with E-state index >= 15 is 0 Å². The van der Waals surface area contributed by atoms with E-state index < -0.39 is 11.6 Å². The molecule has 0 atom stereocenters. The fraction of sp³-hybridized carbons (Fsp3) is 0.200.